The number of hydrogen-bond donors (Lipinski definition) is 1. The van der Waals surface area contributed by atoms with Gasteiger partial charge in [0.2, 0.25) is 5.91 Å². The van der Waals surface area contributed by atoms with Gasteiger partial charge in [-0.25, -0.2) is 0 Å². The minimum Gasteiger partial charge on any atom is -0.352 e. The van der Waals surface area contributed by atoms with E-state index in [1.165, 1.54) is 24.0 Å². The quantitative estimate of drug-likeness (QED) is 0.872. The molecule has 0 heterocycles. The summed E-state index contributed by atoms with van der Waals surface area (Å²) in [6, 6.07) is 8.99. The van der Waals surface area contributed by atoms with Crippen LogP contribution in [0.25, 0.3) is 0 Å². The van der Waals surface area contributed by atoms with Crippen molar-refractivity contribution in [2.24, 2.45) is 0 Å². The van der Waals surface area contributed by atoms with Gasteiger partial charge in [-0.1, -0.05) is 44.0 Å². The third-order valence-corrected chi connectivity index (χ3v) is 4.61. The second kappa shape index (κ2) is 7.60. The van der Waals surface area contributed by atoms with Gasteiger partial charge in [0.25, 0.3) is 0 Å². The summed E-state index contributed by atoms with van der Waals surface area (Å²) in [6.07, 6.45) is 5.84. The predicted octanol–water partition coefficient (Wildman–Crippen LogP) is 3.13. The summed E-state index contributed by atoms with van der Waals surface area (Å²) in [5.41, 5.74) is 2.61. The molecule has 1 atom stereocenters. The van der Waals surface area contributed by atoms with Crippen molar-refractivity contribution >= 4 is 5.91 Å². The molecule has 116 valence electrons. The zero-order valence-electron chi connectivity index (χ0n) is 13.6. The molecule has 3 heteroatoms. The summed E-state index contributed by atoms with van der Waals surface area (Å²) in [6.45, 7) is 4.96. The molecule has 0 bridgehead atoms. The SMILES string of the molecule is CCc1ccc(CN(C)C(C)C(=O)NC2CCCC2)cc1. The van der Waals surface area contributed by atoms with E-state index in [-0.39, 0.29) is 11.9 Å². The fraction of sp³-hybridized carbons (Fsp3) is 0.611. The van der Waals surface area contributed by atoms with Gasteiger partial charge in [-0.15, -0.1) is 0 Å². The van der Waals surface area contributed by atoms with Crippen LogP contribution in [0, 0.1) is 0 Å². The zero-order valence-corrected chi connectivity index (χ0v) is 13.6. The average Bonchev–Trinajstić information content (AvgIpc) is 3.00. The molecular formula is C18H28N2O. The number of amides is 1. The Hall–Kier alpha value is -1.35. The highest BCUT2D eigenvalue weighted by atomic mass is 16.2. The topological polar surface area (TPSA) is 32.3 Å². The first-order valence-electron chi connectivity index (χ1n) is 8.18. The first kappa shape index (κ1) is 16.0. The number of rotatable bonds is 6. The first-order valence-corrected chi connectivity index (χ1v) is 8.18. The van der Waals surface area contributed by atoms with E-state index in [9.17, 15) is 4.79 Å². The lowest BCUT2D eigenvalue weighted by Gasteiger charge is -2.25. The van der Waals surface area contributed by atoms with E-state index in [0.717, 1.165) is 25.8 Å². The van der Waals surface area contributed by atoms with Crippen molar-refractivity contribution in [3.8, 4) is 0 Å². The van der Waals surface area contributed by atoms with Crippen LogP contribution in [0.15, 0.2) is 24.3 Å². The van der Waals surface area contributed by atoms with Crippen LogP contribution >= 0.6 is 0 Å². The number of hydrogen-bond acceptors (Lipinski definition) is 2. The molecule has 0 radical (unpaired) electrons. The molecule has 1 aliphatic rings. The highest BCUT2D eigenvalue weighted by Crippen LogP contribution is 2.18. The maximum absolute atomic E-state index is 12.3. The highest BCUT2D eigenvalue weighted by Gasteiger charge is 2.23. The van der Waals surface area contributed by atoms with Gasteiger partial charge in [0.1, 0.15) is 0 Å². The summed E-state index contributed by atoms with van der Waals surface area (Å²) in [7, 11) is 2.02. The molecule has 21 heavy (non-hydrogen) atoms. The highest BCUT2D eigenvalue weighted by molar-refractivity contribution is 5.81. The normalized spacial score (nSPS) is 17.1. The number of benzene rings is 1. The van der Waals surface area contributed by atoms with Gasteiger partial charge in [-0.3, -0.25) is 9.69 Å². The Kier molecular flexibility index (Phi) is 5.80. The van der Waals surface area contributed by atoms with E-state index in [1.54, 1.807) is 0 Å². The van der Waals surface area contributed by atoms with Crippen LogP contribution in [-0.4, -0.2) is 29.9 Å². The Bertz CT molecular complexity index is 449. The Morgan fingerprint density at radius 2 is 1.81 bits per heavy atom. The maximum Gasteiger partial charge on any atom is 0.237 e. The Balaban J connectivity index is 1.85. The van der Waals surface area contributed by atoms with E-state index in [4.69, 9.17) is 0 Å². The average molecular weight is 288 g/mol. The van der Waals surface area contributed by atoms with Crippen LogP contribution in [0.3, 0.4) is 0 Å². The van der Waals surface area contributed by atoms with Crippen molar-refractivity contribution in [1.29, 1.82) is 0 Å². The molecule has 2 rings (SSSR count). The molecule has 0 aromatic heterocycles. The third-order valence-electron chi connectivity index (χ3n) is 4.61. The van der Waals surface area contributed by atoms with Crippen molar-refractivity contribution in [1.82, 2.24) is 10.2 Å². The van der Waals surface area contributed by atoms with Crippen molar-refractivity contribution < 1.29 is 4.79 Å². The lowest BCUT2D eigenvalue weighted by Crippen LogP contribution is -2.46. The first-order chi connectivity index (χ1) is 10.1. The molecule has 1 saturated carbocycles. The van der Waals surface area contributed by atoms with E-state index in [2.05, 4.69) is 41.4 Å². The molecule has 0 aliphatic heterocycles. The monoisotopic (exact) mass is 288 g/mol. The Morgan fingerprint density at radius 1 is 1.24 bits per heavy atom. The maximum atomic E-state index is 12.3. The van der Waals surface area contributed by atoms with Gasteiger partial charge in [-0.2, -0.15) is 0 Å². The summed E-state index contributed by atoms with van der Waals surface area (Å²) in [5, 5.41) is 3.18. The molecule has 1 amide bonds. The van der Waals surface area contributed by atoms with Gasteiger partial charge >= 0.3 is 0 Å². The van der Waals surface area contributed by atoms with E-state index >= 15 is 0 Å². The Morgan fingerprint density at radius 3 is 2.38 bits per heavy atom. The molecule has 1 aliphatic carbocycles. The van der Waals surface area contributed by atoms with Crippen molar-refractivity contribution in [3.05, 3.63) is 35.4 Å². The molecule has 3 nitrogen and oxygen atoms in total. The number of likely N-dealkylation sites (N-methyl/N-ethyl adjacent to an activating group) is 1. The molecule has 0 saturated heterocycles. The second-order valence-electron chi connectivity index (χ2n) is 6.25. The molecule has 1 aromatic rings. The minimum atomic E-state index is -0.0866. The summed E-state index contributed by atoms with van der Waals surface area (Å²) < 4.78 is 0. The van der Waals surface area contributed by atoms with Crippen LogP contribution in [-0.2, 0) is 17.8 Å². The number of carbonyl (C=O) groups is 1. The number of aryl methyl sites for hydroxylation is 1. The van der Waals surface area contributed by atoms with Gasteiger partial charge in [0, 0.05) is 12.6 Å². The van der Waals surface area contributed by atoms with Gasteiger partial charge in [0.05, 0.1) is 6.04 Å². The lowest BCUT2D eigenvalue weighted by atomic mass is 10.1. The fourth-order valence-corrected chi connectivity index (χ4v) is 2.90. The predicted molar refractivity (Wildman–Crippen MR) is 87.1 cm³/mol. The van der Waals surface area contributed by atoms with Gasteiger partial charge in [0.15, 0.2) is 0 Å². The molecule has 1 aromatic carbocycles. The lowest BCUT2D eigenvalue weighted by molar-refractivity contribution is -0.126. The largest absolute Gasteiger partial charge is 0.352 e. The van der Waals surface area contributed by atoms with Crippen molar-refractivity contribution in [3.63, 3.8) is 0 Å². The van der Waals surface area contributed by atoms with Crippen LogP contribution in [0.2, 0.25) is 0 Å². The van der Waals surface area contributed by atoms with E-state index in [0.29, 0.717) is 6.04 Å². The molecular weight excluding hydrogens is 260 g/mol. The van der Waals surface area contributed by atoms with Crippen LogP contribution in [0.4, 0.5) is 0 Å². The van der Waals surface area contributed by atoms with Crippen molar-refractivity contribution in [2.45, 2.75) is 64.6 Å². The molecule has 1 unspecified atom stereocenters. The van der Waals surface area contributed by atoms with Crippen LogP contribution in [0.5, 0.6) is 0 Å². The van der Waals surface area contributed by atoms with E-state index < -0.39 is 0 Å². The van der Waals surface area contributed by atoms with Gasteiger partial charge in [-0.05, 0) is 44.4 Å². The Labute approximate surface area is 128 Å². The second-order valence-corrected chi connectivity index (χ2v) is 6.25. The number of nitrogens with one attached hydrogen (secondary N) is 1. The van der Waals surface area contributed by atoms with Crippen molar-refractivity contribution in [2.75, 3.05) is 7.05 Å². The molecule has 1 fully saturated rings. The van der Waals surface area contributed by atoms with Crippen LogP contribution < -0.4 is 5.32 Å². The third kappa shape index (κ3) is 4.57. The fourth-order valence-electron chi connectivity index (χ4n) is 2.90. The zero-order chi connectivity index (χ0) is 15.2. The summed E-state index contributed by atoms with van der Waals surface area (Å²) in [4.78, 5) is 14.4. The van der Waals surface area contributed by atoms with E-state index in [1.807, 2.05) is 14.0 Å². The van der Waals surface area contributed by atoms with Gasteiger partial charge < -0.3 is 5.32 Å². The number of nitrogens with zero attached hydrogens (tertiary/aromatic N) is 1. The summed E-state index contributed by atoms with van der Waals surface area (Å²) in [5.74, 6) is 0.162. The standard InChI is InChI=1S/C18H28N2O/c1-4-15-9-11-16(12-10-15)13-20(3)14(2)18(21)19-17-7-5-6-8-17/h9-12,14,17H,4-8,13H2,1-3H3,(H,19,21). The minimum absolute atomic E-state index is 0.0866. The summed E-state index contributed by atoms with van der Waals surface area (Å²) >= 11 is 0. The van der Waals surface area contributed by atoms with Crippen LogP contribution in [0.1, 0.15) is 50.7 Å². The molecule has 0 spiro atoms. The smallest absolute Gasteiger partial charge is 0.237 e. The number of carbonyl (C=O) groups excluding carboxylic acids is 1. The molecule has 1 N–H and O–H groups in total.